The number of hydrogen-bond acceptors (Lipinski definition) is 4. The zero-order valence-electron chi connectivity index (χ0n) is 12.6. The van der Waals surface area contributed by atoms with Gasteiger partial charge in [0.2, 0.25) is 0 Å². The number of aryl methyl sites for hydroxylation is 2. The first kappa shape index (κ1) is 15.6. The van der Waals surface area contributed by atoms with Crippen LogP contribution < -0.4 is 5.32 Å². The second-order valence-corrected chi connectivity index (χ2v) is 5.64. The van der Waals surface area contributed by atoms with Crippen molar-refractivity contribution in [2.75, 3.05) is 0 Å². The second kappa shape index (κ2) is 5.69. The van der Waals surface area contributed by atoms with Gasteiger partial charge in [-0.2, -0.15) is 5.10 Å². The van der Waals surface area contributed by atoms with Crippen LogP contribution in [0.1, 0.15) is 51.8 Å². The van der Waals surface area contributed by atoms with Crippen molar-refractivity contribution in [3.8, 4) is 0 Å². The van der Waals surface area contributed by atoms with Crippen LogP contribution >= 0.6 is 0 Å². The molecule has 0 amide bonds. The third kappa shape index (κ3) is 3.76. The molecule has 0 aromatic carbocycles. The lowest BCUT2D eigenvalue weighted by atomic mass is 9.92. The van der Waals surface area contributed by atoms with Gasteiger partial charge in [0.25, 0.3) is 0 Å². The highest BCUT2D eigenvalue weighted by Gasteiger charge is 2.36. The summed E-state index contributed by atoms with van der Waals surface area (Å²) in [7, 11) is 0. The number of nitrogens with zero attached hydrogens (tertiary/aromatic N) is 3. The van der Waals surface area contributed by atoms with E-state index in [1.165, 1.54) is 0 Å². The van der Waals surface area contributed by atoms with Crippen LogP contribution in [-0.4, -0.2) is 37.4 Å². The van der Waals surface area contributed by atoms with Gasteiger partial charge in [0.1, 0.15) is 17.2 Å². The Hall–Kier alpha value is -1.43. The quantitative estimate of drug-likeness (QED) is 0.820. The van der Waals surface area contributed by atoms with E-state index in [2.05, 4.69) is 15.4 Å². The van der Waals surface area contributed by atoms with E-state index in [4.69, 9.17) is 0 Å². The molecule has 0 aliphatic carbocycles. The number of rotatable bonds is 6. The summed E-state index contributed by atoms with van der Waals surface area (Å²) in [5, 5.41) is 16.9. The van der Waals surface area contributed by atoms with Gasteiger partial charge in [0.05, 0.1) is 6.04 Å². The van der Waals surface area contributed by atoms with Crippen molar-refractivity contribution < 1.29 is 9.90 Å². The highest BCUT2D eigenvalue weighted by molar-refractivity contribution is 5.78. The number of carbonyl (C=O) groups is 1. The molecular weight excluding hydrogens is 244 g/mol. The van der Waals surface area contributed by atoms with E-state index in [0.29, 0.717) is 12.2 Å². The minimum Gasteiger partial charge on any atom is -0.480 e. The lowest BCUT2D eigenvalue weighted by molar-refractivity contribution is -0.145. The van der Waals surface area contributed by atoms with E-state index >= 15 is 0 Å². The van der Waals surface area contributed by atoms with Crippen LogP contribution in [-0.2, 0) is 4.79 Å². The molecule has 19 heavy (non-hydrogen) atoms. The fourth-order valence-electron chi connectivity index (χ4n) is 2.48. The second-order valence-electron chi connectivity index (χ2n) is 5.64. The van der Waals surface area contributed by atoms with E-state index in [-0.39, 0.29) is 12.1 Å². The summed E-state index contributed by atoms with van der Waals surface area (Å²) in [6.07, 6.45) is 0.449. The topological polar surface area (TPSA) is 80.0 Å². The lowest BCUT2D eigenvalue weighted by Crippen LogP contribution is -2.53. The van der Waals surface area contributed by atoms with Gasteiger partial charge in [-0.25, -0.2) is 9.67 Å². The molecule has 0 radical (unpaired) electrons. The number of carboxylic acid groups (broad SMARTS) is 1. The first-order valence-electron chi connectivity index (χ1n) is 6.56. The van der Waals surface area contributed by atoms with Gasteiger partial charge in [-0.3, -0.25) is 10.1 Å². The van der Waals surface area contributed by atoms with Crippen molar-refractivity contribution >= 4 is 5.97 Å². The average Bonchev–Trinajstić information content (AvgIpc) is 2.56. The molecule has 6 nitrogen and oxygen atoms in total. The molecule has 0 saturated heterocycles. The summed E-state index contributed by atoms with van der Waals surface area (Å²) in [6.45, 7) is 11.3. The van der Waals surface area contributed by atoms with Gasteiger partial charge in [0.15, 0.2) is 0 Å². The van der Waals surface area contributed by atoms with Crippen LogP contribution in [0.15, 0.2) is 0 Å². The Morgan fingerprint density at radius 3 is 2.37 bits per heavy atom. The predicted octanol–water partition coefficient (Wildman–Crippen LogP) is 1.69. The SMILES string of the molecule is Cc1nc(C)n(C(C)CC(C)(NC(C)C)C(=O)O)n1. The van der Waals surface area contributed by atoms with Crippen LogP contribution in [0.25, 0.3) is 0 Å². The molecule has 108 valence electrons. The average molecular weight is 268 g/mol. The molecule has 1 aromatic heterocycles. The maximum Gasteiger partial charge on any atom is 0.323 e. The van der Waals surface area contributed by atoms with Gasteiger partial charge < -0.3 is 5.11 Å². The van der Waals surface area contributed by atoms with Crippen molar-refractivity contribution in [2.24, 2.45) is 0 Å². The molecule has 2 atom stereocenters. The molecule has 0 aliphatic heterocycles. The summed E-state index contributed by atoms with van der Waals surface area (Å²) in [4.78, 5) is 15.8. The van der Waals surface area contributed by atoms with Gasteiger partial charge in [-0.05, 0) is 48.0 Å². The Bertz CT molecular complexity index is 455. The molecule has 0 fully saturated rings. The van der Waals surface area contributed by atoms with E-state index < -0.39 is 11.5 Å². The molecule has 0 saturated carbocycles. The Kier molecular flexibility index (Phi) is 4.68. The van der Waals surface area contributed by atoms with Crippen LogP contribution in [0.3, 0.4) is 0 Å². The molecular formula is C13H24N4O2. The van der Waals surface area contributed by atoms with E-state index in [0.717, 1.165) is 5.82 Å². The van der Waals surface area contributed by atoms with Crippen molar-refractivity contribution in [3.63, 3.8) is 0 Å². The molecule has 2 unspecified atom stereocenters. The number of hydrogen-bond donors (Lipinski definition) is 2. The zero-order valence-corrected chi connectivity index (χ0v) is 12.6. The van der Waals surface area contributed by atoms with Crippen molar-refractivity contribution in [2.45, 2.75) is 65.6 Å². The van der Waals surface area contributed by atoms with Crippen LogP contribution in [0.2, 0.25) is 0 Å². The molecule has 6 heteroatoms. The Labute approximate surface area is 114 Å². The minimum atomic E-state index is -0.972. The third-order valence-electron chi connectivity index (χ3n) is 3.11. The molecule has 0 aliphatic rings. The smallest absolute Gasteiger partial charge is 0.323 e. The summed E-state index contributed by atoms with van der Waals surface area (Å²) in [5.74, 6) is 0.669. The molecule has 1 rings (SSSR count). The zero-order chi connectivity index (χ0) is 14.8. The van der Waals surface area contributed by atoms with Gasteiger partial charge in [0, 0.05) is 6.04 Å². The number of carboxylic acids is 1. The number of aliphatic carboxylic acids is 1. The van der Waals surface area contributed by atoms with E-state index in [1.807, 2.05) is 34.6 Å². The maximum absolute atomic E-state index is 11.5. The Balaban J connectivity index is 2.91. The fraction of sp³-hybridized carbons (Fsp3) is 0.769. The first-order valence-corrected chi connectivity index (χ1v) is 6.56. The Morgan fingerprint density at radius 1 is 1.42 bits per heavy atom. The number of aromatic nitrogens is 3. The molecule has 1 aromatic rings. The lowest BCUT2D eigenvalue weighted by Gasteiger charge is -2.31. The van der Waals surface area contributed by atoms with Crippen molar-refractivity contribution in [1.29, 1.82) is 0 Å². The molecule has 1 heterocycles. The summed E-state index contributed by atoms with van der Waals surface area (Å²) in [5.41, 5.74) is -0.972. The monoisotopic (exact) mass is 268 g/mol. The summed E-state index contributed by atoms with van der Waals surface area (Å²) >= 11 is 0. The molecule has 0 bridgehead atoms. The minimum absolute atomic E-state index is 0.0338. The highest BCUT2D eigenvalue weighted by atomic mass is 16.4. The third-order valence-corrected chi connectivity index (χ3v) is 3.11. The normalized spacial score (nSPS) is 16.4. The van der Waals surface area contributed by atoms with Gasteiger partial charge >= 0.3 is 5.97 Å². The highest BCUT2D eigenvalue weighted by Crippen LogP contribution is 2.22. The molecule has 2 N–H and O–H groups in total. The maximum atomic E-state index is 11.5. The number of nitrogens with one attached hydrogen (secondary N) is 1. The molecule has 0 spiro atoms. The van der Waals surface area contributed by atoms with Crippen LogP contribution in [0, 0.1) is 13.8 Å². The van der Waals surface area contributed by atoms with Crippen LogP contribution in [0.5, 0.6) is 0 Å². The Morgan fingerprint density at radius 2 is 2.00 bits per heavy atom. The van der Waals surface area contributed by atoms with E-state index in [9.17, 15) is 9.90 Å². The van der Waals surface area contributed by atoms with Gasteiger partial charge in [-0.1, -0.05) is 0 Å². The fourth-order valence-corrected chi connectivity index (χ4v) is 2.48. The predicted molar refractivity (Wildman–Crippen MR) is 73.1 cm³/mol. The standard InChI is InChI=1S/C13H24N4O2/c1-8(2)15-13(6,12(18)19)7-9(3)17-11(5)14-10(4)16-17/h8-9,15H,7H2,1-6H3,(H,18,19). The van der Waals surface area contributed by atoms with Gasteiger partial charge in [-0.15, -0.1) is 0 Å². The van der Waals surface area contributed by atoms with Crippen molar-refractivity contribution in [1.82, 2.24) is 20.1 Å². The summed E-state index contributed by atoms with van der Waals surface area (Å²) < 4.78 is 1.79. The first-order chi connectivity index (χ1) is 8.65. The van der Waals surface area contributed by atoms with Crippen molar-refractivity contribution in [3.05, 3.63) is 11.6 Å². The largest absolute Gasteiger partial charge is 0.480 e. The summed E-state index contributed by atoms with van der Waals surface area (Å²) in [6, 6.07) is 0.0698. The van der Waals surface area contributed by atoms with Crippen LogP contribution in [0.4, 0.5) is 0 Å². The van der Waals surface area contributed by atoms with E-state index in [1.54, 1.807) is 11.6 Å².